The van der Waals surface area contributed by atoms with Crippen molar-refractivity contribution in [2.24, 2.45) is 0 Å². The van der Waals surface area contributed by atoms with Gasteiger partial charge in [-0.2, -0.15) is 0 Å². The maximum atomic E-state index is 12.7. The normalized spacial score (nSPS) is 23.3. The van der Waals surface area contributed by atoms with Crippen molar-refractivity contribution in [1.82, 2.24) is 19.8 Å². The quantitative estimate of drug-likeness (QED) is 0.789. The van der Waals surface area contributed by atoms with Crippen molar-refractivity contribution in [2.75, 3.05) is 33.9 Å². The van der Waals surface area contributed by atoms with Crippen molar-refractivity contribution in [2.45, 2.75) is 31.0 Å². The number of carbonyl (C=O) groups excluding carboxylic acids is 1. The van der Waals surface area contributed by atoms with Gasteiger partial charge in [-0.25, -0.2) is 4.98 Å². The predicted molar refractivity (Wildman–Crippen MR) is 104 cm³/mol. The van der Waals surface area contributed by atoms with Gasteiger partial charge in [0.15, 0.2) is 0 Å². The number of likely N-dealkylation sites (tertiary alicyclic amines) is 2. The van der Waals surface area contributed by atoms with Gasteiger partial charge in [-0.3, -0.25) is 14.7 Å². The van der Waals surface area contributed by atoms with Crippen LogP contribution in [0.4, 0.5) is 0 Å². The Morgan fingerprint density at radius 3 is 2.46 bits per heavy atom. The third kappa shape index (κ3) is 3.59. The van der Waals surface area contributed by atoms with Gasteiger partial charge in [0.1, 0.15) is 0 Å². The summed E-state index contributed by atoms with van der Waals surface area (Å²) in [5.74, 6) is 0.556. The van der Waals surface area contributed by atoms with E-state index in [4.69, 9.17) is 9.47 Å². The molecule has 2 fully saturated rings. The Morgan fingerprint density at radius 2 is 1.86 bits per heavy atom. The van der Waals surface area contributed by atoms with Crippen LogP contribution in [0.15, 0.2) is 42.9 Å². The molecule has 2 aromatic rings. The molecule has 28 heavy (non-hydrogen) atoms. The summed E-state index contributed by atoms with van der Waals surface area (Å²) in [4.78, 5) is 25.5. The number of piperidine rings is 1. The molecule has 1 amide bonds. The lowest BCUT2D eigenvalue weighted by Crippen LogP contribution is -2.60. The van der Waals surface area contributed by atoms with Crippen LogP contribution in [0.2, 0.25) is 0 Å². The average Bonchev–Trinajstić information content (AvgIpc) is 2.74. The lowest BCUT2D eigenvalue weighted by molar-refractivity contribution is -0.115. The van der Waals surface area contributed by atoms with Gasteiger partial charge in [0.25, 0.3) is 5.91 Å². The highest BCUT2D eigenvalue weighted by atomic mass is 16.5. The third-order valence-corrected chi connectivity index (χ3v) is 5.86. The standard InChI is InChI=1S/C21H26N4O3/c1-27-18-14-25(20(18)15-5-9-22-10-6-15)17-7-11-24(12-8-17)21(26)16-3-4-19(28-2)23-13-16/h3-6,9-10,13,17-18,20H,7-8,11-12,14H2,1-2H3/t18-,20-/m0/s1. The van der Waals surface area contributed by atoms with Crippen LogP contribution in [-0.2, 0) is 4.74 Å². The van der Waals surface area contributed by atoms with Crippen LogP contribution in [0.25, 0.3) is 0 Å². The smallest absolute Gasteiger partial charge is 0.255 e. The molecule has 2 atom stereocenters. The minimum absolute atomic E-state index is 0.0395. The summed E-state index contributed by atoms with van der Waals surface area (Å²) in [5.41, 5.74) is 1.85. The van der Waals surface area contributed by atoms with E-state index in [1.165, 1.54) is 5.56 Å². The summed E-state index contributed by atoms with van der Waals surface area (Å²) in [6.07, 6.45) is 7.41. The number of aromatic nitrogens is 2. The summed E-state index contributed by atoms with van der Waals surface area (Å²) in [5, 5.41) is 0. The molecule has 7 heteroatoms. The monoisotopic (exact) mass is 382 g/mol. The van der Waals surface area contributed by atoms with E-state index in [1.54, 1.807) is 32.5 Å². The Morgan fingerprint density at radius 1 is 1.11 bits per heavy atom. The Labute approximate surface area is 165 Å². The van der Waals surface area contributed by atoms with Crippen LogP contribution in [0.5, 0.6) is 5.88 Å². The molecule has 4 rings (SSSR count). The van der Waals surface area contributed by atoms with Crippen LogP contribution in [0.1, 0.15) is 34.8 Å². The number of nitrogens with zero attached hydrogens (tertiary/aromatic N) is 4. The number of hydrogen-bond donors (Lipinski definition) is 0. The molecular formula is C21H26N4O3. The fourth-order valence-corrected chi connectivity index (χ4v) is 4.25. The van der Waals surface area contributed by atoms with E-state index >= 15 is 0 Å². The maximum absolute atomic E-state index is 12.7. The molecule has 2 saturated heterocycles. The minimum Gasteiger partial charge on any atom is -0.481 e. The first-order valence-electron chi connectivity index (χ1n) is 9.69. The van der Waals surface area contributed by atoms with E-state index in [9.17, 15) is 4.79 Å². The number of amides is 1. The molecule has 0 unspecified atom stereocenters. The SMILES string of the molecule is COc1ccc(C(=O)N2CCC(N3C[C@H](OC)[C@@H]3c3ccncc3)CC2)cn1. The fraction of sp³-hybridized carbons (Fsp3) is 0.476. The minimum atomic E-state index is 0.0395. The second-order valence-corrected chi connectivity index (χ2v) is 7.31. The molecule has 7 nitrogen and oxygen atoms in total. The van der Waals surface area contributed by atoms with E-state index in [2.05, 4.69) is 27.0 Å². The molecule has 4 heterocycles. The summed E-state index contributed by atoms with van der Waals surface area (Å²) in [7, 11) is 3.35. The Bertz CT molecular complexity index is 791. The Hall–Kier alpha value is -2.51. The molecule has 0 saturated carbocycles. The second-order valence-electron chi connectivity index (χ2n) is 7.31. The zero-order valence-corrected chi connectivity index (χ0v) is 16.3. The van der Waals surface area contributed by atoms with Gasteiger partial charge >= 0.3 is 0 Å². The highest BCUT2D eigenvalue weighted by Gasteiger charge is 2.44. The van der Waals surface area contributed by atoms with Gasteiger partial charge < -0.3 is 14.4 Å². The molecule has 0 bridgehead atoms. The van der Waals surface area contributed by atoms with Gasteiger partial charge in [0.2, 0.25) is 5.88 Å². The van der Waals surface area contributed by atoms with Gasteiger partial charge in [-0.05, 0) is 36.6 Å². The van der Waals surface area contributed by atoms with Crippen LogP contribution in [0.3, 0.4) is 0 Å². The summed E-state index contributed by atoms with van der Waals surface area (Å²) in [6, 6.07) is 8.37. The predicted octanol–water partition coefficient (Wildman–Crippen LogP) is 2.16. The molecular weight excluding hydrogens is 356 g/mol. The molecule has 0 radical (unpaired) electrons. The lowest BCUT2D eigenvalue weighted by atomic mass is 9.87. The molecule has 0 aromatic carbocycles. The molecule has 148 valence electrons. The van der Waals surface area contributed by atoms with E-state index < -0.39 is 0 Å². The lowest BCUT2D eigenvalue weighted by Gasteiger charge is -2.53. The van der Waals surface area contributed by atoms with Crippen molar-refractivity contribution in [3.63, 3.8) is 0 Å². The zero-order valence-electron chi connectivity index (χ0n) is 16.3. The molecule has 0 N–H and O–H groups in total. The molecule has 2 aliphatic rings. The number of rotatable bonds is 5. The van der Waals surface area contributed by atoms with E-state index in [-0.39, 0.29) is 18.1 Å². The van der Waals surface area contributed by atoms with Crippen LogP contribution in [0, 0.1) is 0 Å². The maximum Gasteiger partial charge on any atom is 0.255 e. The van der Waals surface area contributed by atoms with Crippen molar-refractivity contribution < 1.29 is 14.3 Å². The highest BCUT2D eigenvalue weighted by molar-refractivity contribution is 5.94. The van der Waals surface area contributed by atoms with Crippen molar-refractivity contribution >= 4 is 5.91 Å². The van der Waals surface area contributed by atoms with Crippen LogP contribution in [-0.4, -0.2) is 71.7 Å². The van der Waals surface area contributed by atoms with Crippen molar-refractivity contribution in [3.8, 4) is 5.88 Å². The Kier molecular flexibility index (Phi) is 5.54. The molecule has 2 aromatic heterocycles. The number of hydrogen-bond acceptors (Lipinski definition) is 6. The van der Waals surface area contributed by atoms with Crippen molar-refractivity contribution in [3.05, 3.63) is 54.0 Å². The van der Waals surface area contributed by atoms with E-state index in [1.807, 2.05) is 17.3 Å². The summed E-state index contributed by atoms with van der Waals surface area (Å²) >= 11 is 0. The highest BCUT2D eigenvalue weighted by Crippen LogP contribution is 2.39. The topological polar surface area (TPSA) is 67.8 Å². The van der Waals surface area contributed by atoms with Crippen LogP contribution < -0.4 is 4.74 Å². The molecule has 2 aliphatic heterocycles. The first kappa shape index (κ1) is 18.8. The fourth-order valence-electron chi connectivity index (χ4n) is 4.25. The molecule has 0 aliphatic carbocycles. The van der Waals surface area contributed by atoms with Crippen molar-refractivity contribution in [1.29, 1.82) is 0 Å². The number of ether oxygens (including phenoxy) is 2. The third-order valence-electron chi connectivity index (χ3n) is 5.86. The van der Waals surface area contributed by atoms with E-state index in [0.717, 1.165) is 32.5 Å². The van der Waals surface area contributed by atoms with E-state index in [0.29, 0.717) is 17.5 Å². The summed E-state index contributed by atoms with van der Waals surface area (Å²) < 4.78 is 10.7. The first-order chi connectivity index (χ1) is 13.7. The van der Waals surface area contributed by atoms with Gasteiger partial charge in [0, 0.05) is 57.4 Å². The Balaban J connectivity index is 1.37. The van der Waals surface area contributed by atoms with Gasteiger partial charge in [-0.1, -0.05) is 0 Å². The zero-order chi connectivity index (χ0) is 19.5. The number of methoxy groups -OCH3 is 2. The van der Waals surface area contributed by atoms with Gasteiger partial charge in [-0.15, -0.1) is 0 Å². The average molecular weight is 382 g/mol. The number of pyridine rings is 2. The van der Waals surface area contributed by atoms with Crippen LogP contribution >= 0.6 is 0 Å². The molecule has 0 spiro atoms. The largest absolute Gasteiger partial charge is 0.481 e. The number of carbonyl (C=O) groups is 1. The summed E-state index contributed by atoms with van der Waals surface area (Å²) in [6.45, 7) is 2.45. The second kappa shape index (κ2) is 8.24. The van der Waals surface area contributed by atoms with Gasteiger partial charge in [0.05, 0.1) is 24.8 Å². The first-order valence-corrected chi connectivity index (χ1v) is 9.69.